The highest BCUT2D eigenvalue weighted by Gasteiger charge is 2.50. The number of ether oxygens (including phenoxy) is 1. The Morgan fingerprint density at radius 3 is 1.85 bits per heavy atom. The number of fused-ring (bicyclic) bond motifs is 3. The van der Waals surface area contributed by atoms with Crippen LogP contribution in [-0.2, 0) is 4.74 Å². The fourth-order valence-corrected chi connectivity index (χ4v) is 6.48. The van der Waals surface area contributed by atoms with Crippen LogP contribution in [0.4, 0.5) is 0 Å². The molecule has 0 amide bonds. The zero-order chi connectivity index (χ0) is 19.4. The van der Waals surface area contributed by atoms with Gasteiger partial charge in [0.2, 0.25) is 0 Å². The predicted octanol–water partition coefficient (Wildman–Crippen LogP) is 8.23. The monoisotopic (exact) mass is 374 g/mol. The van der Waals surface area contributed by atoms with Gasteiger partial charge < -0.3 is 4.74 Å². The van der Waals surface area contributed by atoms with Crippen LogP contribution in [0.2, 0.25) is 0 Å². The molecule has 0 N–H and O–H groups in total. The lowest BCUT2D eigenvalue weighted by atomic mass is 9.59. The summed E-state index contributed by atoms with van der Waals surface area (Å²) in [4.78, 5) is 0. The van der Waals surface area contributed by atoms with Gasteiger partial charge in [-0.2, -0.15) is 0 Å². The molecular weight excluding hydrogens is 328 g/mol. The largest absolute Gasteiger partial charge is 0.375 e. The van der Waals surface area contributed by atoms with E-state index in [9.17, 15) is 0 Å². The van der Waals surface area contributed by atoms with Crippen molar-refractivity contribution in [3.8, 4) is 0 Å². The minimum Gasteiger partial charge on any atom is -0.375 e. The molecule has 2 heterocycles. The molecule has 2 bridgehead atoms. The standard InChI is InChI=1S/C26H46O/c1-22-15-16-23(24(22,2)3)26-19-13-11-9-7-5-6-8-10-12-17-25(4,27-21-26)18-14-20-26/h15,23H,5-14,16-21H2,1-4H3. The van der Waals surface area contributed by atoms with Crippen LogP contribution >= 0.6 is 0 Å². The molecule has 27 heavy (non-hydrogen) atoms. The zero-order valence-corrected chi connectivity index (χ0v) is 18.9. The first-order chi connectivity index (χ1) is 12.9. The maximum Gasteiger partial charge on any atom is 0.0654 e. The third-order valence-electron chi connectivity index (χ3n) is 8.76. The van der Waals surface area contributed by atoms with E-state index in [0.29, 0.717) is 10.8 Å². The van der Waals surface area contributed by atoms with Crippen LogP contribution in [0.15, 0.2) is 11.6 Å². The molecule has 0 aromatic carbocycles. The minimum atomic E-state index is 0.132. The quantitative estimate of drug-likeness (QED) is 0.420. The molecule has 3 atom stereocenters. The van der Waals surface area contributed by atoms with Gasteiger partial charge in [-0.1, -0.05) is 83.3 Å². The van der Waals surface area contributed by atoms with Gasteiger partial charge in [0.25, 0.3) is 0 Å². The summed E-state index contributed by atoms with van der Waals surface area (Å²) in [5.74, 6) is 0.767. The van der Waals surface area contributed by atoms with Crippen molar-refractivity contribution in [2.24, 2.45) is 16.7 Å². The fraction of sp³-hybridized carbons (Fsp3) is 0.923. The van der Waals surface area contributed by atoms with Gasteiger partial charge in [0.1, 0.15) is 0 Å². The number of hydrogen-bond donors (Lipinski definition) is 0. The van der Waals surface area contributed by atoms with Crippen molar-refractivity contribution >= 4 is 0 Å². The highest BCUT2D eigenvalue weighted by molar-refractivity contribution is 5.21. The summed E-state index contributed by atoms with van der Waals surface area (Å²) < 4.78 is 6.85. The van der Waals surface area contributed by atoms with Crippen molar-refractivity contribution in [2.45, 2.75) is 130 Å². The van der Waals surface area contributed by atoms with Gasteiger partial charge >= 0.3 is 0 Å². The van der Waals surface area contributed by atoms with Gasteiger partial charge in [0, 0.05) is 0 Å². The summed E-state index contributed by atoms with van der Waals surface area (Å²) in [6.45, 7) is 10.8. The Kier molecular flexibility index (Phi) is 7.15. The first kappa shape index (κ1) is 21.4. The molecule has 2 aliphatic heterocycles. The Bertz CT molecular complexity index is 504. The van der Waals surface area contributed by atoms with E-state index in [1.54, 1.807) is 5.57 Å². The molecule has 2 fully saturated rings. The Labute approximate surface area is 169 Å². The maximum absolute atomic E-state index is 6.85. The van der Waals surface area contributed by atoms with Crippen molar-refractivity contribution in [1.29, 1.82) is 0 Å². The molecule has 0 saturated carbocycles. The second-order valence-corrected chi connectivity index (χ2v) is 11.0. The molecule has 2 saturated heterocycles. The van der Waals surface area contributed by atoms with Gasteiger partial charge in [-0.3, -0.25) is 0 Å². The number of hydrogen-bond acceptors (Lipinski definition) is 1. The van der Waals surface area contributed by atoms with Gasteiger partial charge in [0.15, 0.2) is 0 Å². The van der Waals surface area contributed by atoms with E-state index < -0.39 is 0 Å². The molecule has 3 aliphatic rings. The molecule has 156 valence electrons. The second-order valence-electron chi connectivity index (χ2n) is 11.0. The van der Waals surface area contributed by atoms with Crippen LogP contribution in [0.3, 0.4) is 0 Å². The summed E-state index contributed by atoms with van der Waals surface area (Å²) in [6.07, 6.45) is 23.3. The lowest BCUT2D eigenvalue weighted by Crippen LogP contribution is -2.42. The van der Waals surface area contributed by atoms with E-state index in [4.69, 9.17) is 4.74 Å². The molecule has 0 aromatic rings. The van der Waals surface area contributed by atoms with Crippen molar-refractivity contribution in [3.63, 3.8) is 0 Å². The maximum atomic E-state index is 6.85. The van der Waals surface area contributed by atoms with E-state index in [1.165, 1.54) is 96.3 Å². The molecular formula is C26H46O. The molecule has 1 heteroatoms. The van der Waals surface area contributed by atoms with E-state index >= 15 is 0 Å². The molecule has 3 rings (SSSR count). The molecule has 1 nitrogen and oxygen atoms in total. The third-order valence-corrected chi connectivity index (χ3v) is 8.76. The lowest BCUT2D eigenvalue weighted by molar-refractivity contribution is -0.0935. The van der Waals surface area contributed by atoms with Gasteiger partial charge in [0.05, 0.1) is 12.2 Å². The summed E-state index contributed by atoms with van der Waals surface area (Å²) in [5.41, 5.74) is 2.49. The van der Waals surface area contributed by atoms with Crippen LogP contribution in [0.1, 0.15) is 124 Å². The van der Waals surface area contributed by atoms with Crippen LogP contribution in [0.5, 0.6) is 0 Å². The molecule has 0 radical (unpaired) electrons. The Morgan fingerprint density at radius 1 is 0.741 bits per heavy atom. The van der Waals surface area contributed by atoms with Gasteiger partial charge in [-0.15, -0.1) is 0 Å². The van der Waals surface area contributed by atoms with Crippen molar-refractivity contribution in [3.05, 3.63) is 11.6 Å². The van der Waals surface area contributed by atoms with Crippen molar-refractivity contribution < 1.29 is 4.74 Å². The van der Waals surface area contributed by atoms with E-state index in [1.807, 2.05) is 0 Å². The Morgan fingerprint density at radius 2 is 1.26 bits per heavy atom. The molecule has 1 aliphatic carbocycles. The first-order valence-electron chi connectivity index (χ1n) is 12.2. The van der Waals surface area contributed by atoms with Crippen LogP contribution in [0, 0.1) is 16.7 Å². The van der Waals surface area contributed by atoms with Gasteiger partial charge in [-0.25, -0.2) is 0 Å². The van der Waals surface area contributed by atoms with Gasteiger partial charge in [-0.05, 0) is 69.1 Å². The van der Waals surface area contributed by atoms with Crippen LogP contribution in [-0.4, -0.2) is 12.2 Å². The van der Waals surface area contributed by atoms with E-state index in [0.717, 1.165) is 12.5 Å². The third kappa shape index (κ3) is 5.01. The smallest absolute Gasteiger partial charge is 0.0654 e. The van der Waals surface area contributed by atoms with E-state index in [-0.39, 0.29) is 5.60 Å². The van der Waals surface area contributed by atoms with Crippen LogP contribution in [0.25, 0.3) is 0 Å². The highest BCUT2D eigenvalue weighted by atomic mass is 16.5. The molecule has 0 spiro atoms. The fourth-order valence-electron chi connectivity index (χ4n) is 6.48. The average molecular weight is 375 g/mol. The lowest BCUT2D eigenvalue weighted by Gasteiger charge is -2.46. The predicted molar refractivity (Wildman–Crippen MR) is 117 cm³/mol. The first-order valence-corrected chi connectivity index (χ1v) is 12.2. The summed E-state index contributed by atoms with van der Waals surface area (Å²) in [5, 5.41) is 0. The second kappa shape index (κ2) is 9.02. The SMILES string of the molecule is CC1=CCC(C23CCCCCCCCCCCC(C)(CCC2)OC3)C1(C)C. The Hall–Kier alpha value is -0.300. The normalized spacial score (nSPS) is 39.3. The number of rotatable bonds is 1. The summed E-state index contributed by atoms with van der Waals surface area (Å²) in [6, 6.07) is 0. The van der Waals surface area contributed by atoms with E-state index in [2.05, 4.69) is 33.8 Å². The summed E-state index contributed by atoms with van der Waals surface area (Å²) >= 11 is 0. The molecule has 3 unspecified atom stereocenters. The summed E-state index contributed by atoms with van der Waals surface area (Å²) in [7, 11) is 0. The topological polar surface area (TPSA) is 9.23 Å². The average Bonchev–Trinajstić information content (AvgIpc) is 2.79. The number of allylic oxidation sites excluding steroid dienone is 2. The van der Waals surface area contributed by atoms with Crippen molar-refractivity contribution in [2.75, 3.05) is 6.61 Å². The Balaban J connectivity index is 1.79. The molecule has 0 aromatic heterocycles. The highest BCUT2D eigenvalue weighted by Crippen LogP contribution is 2.57. The zero-order valence-electron chi connectivity index (χ0n) is 18.9. The van der Waals surface area contributed by atoms with Crippen molar-refractivity contribution in [1.82, 2.24) is 0 Å². The van der Waals surface area contributed by atoms with Crippen LogP contribution < -0.4 is 0 Å². The minimum absolute atomic E-state index is 0.132.